The van der Waals surface area contributed by atoms with Crippen LogP contribution in [0.15, 0.2) is 18.2 Å². The quantitative estimate of drug-likeness (QED) is 0.836. The molecule has 1 aromatic carbocycles. The molecule has 0 bridgehead atoms. The molecular formula is C16H19ClO2. The summed E-state index contributed by atoms with van der Waals surface area (Å²) < 4.78 is 0. The van der Waals surface area contributed by atoms with Gasteiger partial charge >= 0.3 is 5.97 Å². The van der Waals surface area contributed by atoms with Crippen molar-refractivity contribution in [1.29, 1.82) is 0 Å². The molecule has 1 atom stereocenters. The number of rotatable bonds is 1. The van der Waals surface area contributed by atoms with Gasteiger partial charge in [0.2, 0.25) is 0 Å². The van der Waals surface area contributed by atoms with E-state index in [4.69, 9.17) is 11.6 Å². The van der Waals surface area contributed by atoms with Crippen LogP contribution in [0.2, 0.25) is 5.02 Å². The van der Waals surface area contributed by atoms with Crippen molar-refractivity contribution in [3.05, 3.63) is 34.3 Å². The summed E-state index contributed by atoms with van der Waals surface area (Å²) in [7, 11) is 0. The van der Waals surface area contributed by atoms with Crippen LogP contribution in [0.25, 0.3) is 0 Å². The Morgan fingerprint density at radius 2 is 2.00 bits per heavy atom. The van der Waals surface area contributed by atoms with Gasteiger partial charge in [-0.25, -0.2) is 0 Å². The van der Waals surface area contributed by atoms with Gasteiger partial charge in [0.25, 0.3) is 0 Å². The Kier molecular flexibility index (Phi) is 3.30. The second-order valence-corrected chi connectivity index (χ2v) is 6.38. The zero-order valence-electron chi connectivity index (χ0n) is 11.0. The first-order valence-corrected chi connectivity index (χ1v) is 7.53. The lowest BCUT2D eigenvalue weighted by atomic mass is 9.57. The van der Waals surface area contributed by atoms with Crippen LogP contribution in [0, 0.1) is 5.92 Å². The highest BCUT2D eigenvalue weighted by molar-refractivity contribution is 6.30. The van der Waals surface area contributed by atoms with Crippen LogP contribution < -0.4 is 0 Å². The fraction of sp³-hybridized carbons (Fsp3) is 0.562. The summed E-state index contributed by atoms with van der Waals surface area (Å²) in [6, 6.07) is 6.03. The van der Waals surface area contributed by atoms with Gasteiger partial charge in [0.15, 0.2) is 0 Å². The van der Waals surface area contributed by atoms with Crippen LogP contribution in [0.4, 0.5) is 0 Å². The van der Waals surface area contributed by atoms with Gasteiger partial charge < -0.3 is 5.11 Å². The maximum atomic E-state index is 11.7. The van der Waals surface area contributed by atoms with E-state index < -0.39 is 5.97 Å². The molecular weight excluding hydrogens is 260 g/mol. The number of carboxylic acid groups (broad SMARTS) is 1. The molecule has 0 aliphatic heterocycles. The largest absolute Gasteiger partial charge is 0.481 e. The molecule has 1 saturated carbocycles. The van der Waals surface area contributed by atoms with Crippen molar-refractivity contribution in [3.8, 4) is 0 Å². The summed E-state index contributed by atoms with van der Waals surface area (Å²) in [5.41, 5.74) is 2.39. The highest BCUT2D eigenvalue weighted by Gasteiger charge is 2.47. The summed E-state index contributed by atoms with van der Waals surface area (Å²) in [6.07, 6.45) is 7.14. The van der Waals surface area contributed by atoms with E-state index in [0.29, 0.717) is 0 Å². The van der Waals surface area contributed by atoms with E-state index in [1.54, 1.807) is 0 Å². The van der Waals surface area contributed by atoms with E-state index in [2.05, 4.69) is 6.07 Å². The van der Waals surface area contributed by atoms with E-state index in [0.717, 1.165) is 43.5 Å². The number of carboxylic acids is 1. The van der Waals surface area contributed by atoms with Gasteiger partial charge in [-0.1, -0.05) is 36.9 Å². The molecule has 0 radical (unpaired) electrons. The van der Waals surface area contributed by atoms with E-state index in [-0.39, 0.29) is 11.3 Å². The fourth-order valence-corrected chi connectivity index (χ4v) is 4.37. The van der Waals surface area contributed by atoms with Crippen LogP contribution in [0.3, 0.4) is 0 Å². The summed E-state index contributed by atoms with van der Waals surface area (Å²) in [4.78, 5) is 11.7. The molecule has 2 nitrogen and oxygen atoms in total. The van der Waals surface area contributed by atoms with Gasteiger partial charge in [-0.2, -0.15) is 0 Å². The first-order chi connectivity index (χ1) is 9.13. The molecule has 0 amide bonds. The predicted molar refractivity (Wildman–Crippen MR) is 75.7 cm³/mol. The normalized spacial score (nSPS) is 25.0. The minimum absolute atomic E-state index is 0.137. The molecule has 0 saturated heterocycles. The molecule has 1 fully saturated rings. The first kappa shape index (κ1) is 13.0. The lowest BCUT2D eigenvalue weighted by molar-refractivity contribution is -0.145. The number of aryl methyl sites for hydroxylation is 1. The molecule has 19 heavy (non-hydrogen) atoms. The molecule has 1 spiro atoms. The third-order valence-electron chi connectivity index (χ3n) is 5.02. The van der Waals surface area contributed by atoms with Crippen molar-refractivity contribution in [1.82, 2.24) is 0 Å². The Morgan fingerprint density at radius 3 is 2.68 bits per heavy atom. The zero-order chi connectivity index (χ0) is 13.5. The van der Waals surface area contributed by atoms with Crippen LogP contribution >= 0.6 is 11.6 Å². The predicted octanol–water partition coefficient (Wildman–Crippen LogP) is 4.19. The van der Waals surface area contributed by atoms with Crippen LogP contribution in [0.1, 0.15) is 49.7 Å². The molecule has 1 unspecified atom stereocenters. The van der Waals surface area contributed by atoms with Crippen molar-refractivity contribution < 1.29 is 9.90 Å². The average Bonchev–Trinajstić information content (AvgIpc) is 2.39. The Bertz CT molecular complexity index is 503. The molecule has 3 heteroatoms. The Hall–Kier alpha value is -1.02. The standard InChI is InChI=1S/C16H19ClO2/c17-12-5-7-13-11(10-12)4-6-14(15(18)19)16(13)8-2-1-3-9-16/h5,7,10,14H,1-4,6,8-9H2,(H,18,19). The average molecular weight is 279 g/mol. The van der Waals surface area contributed by atoms with Crippen molar-refractivity contribution in [3.63, 3.8) is 0 Å². The lowest BCUT2D eigenvalue weighted by Gasteiger charge is -2.46. The topological polar surface area (TPSA) is 37.3 Å². The van der Waals surface area contributed by atoms with Crippen molar-refractivity contribution >= 4 is 17.6 Å². The fourth-order valence-electron chi connectivity index (χ4n) is 4.18. The molecule has 0 aromatic heterocycles. The van der Waals surface area contributed by atoms with E-state index in [1.807, 2.05) is 12.1 Å². The van der Waals surface area contributed by atoms with Gasteiger partial charge in [0.05, 0.1) is 5.92 Å². The van der Waals surface area contributed by atoms with Crippen molar-refractivity contribution in [2.75, 3.05) is 0 Å². The molecule has 3 rings (SSSR count). The maximum absolute atomic E-state index is 11.7. The van der Waals surface area contributed by atoms with Crippen LogP contribution in [-0.2, 0) is 16.6 Å². The highest BCUT2D eigenvalue weighted by Crippen LogP contribution is 2.51. The van der Waals surface area contributed by atoms with Gasteiger partial charge in [0.1, 0.15) is 0 Å². The summed E-state index contributed by atoms with van der Waals surface area (Å²) >= 11 is 6.09. The number of halogens is 1. The highest BCUT2D eigenvalue weighted by atomic mass is 35.5. The van der Waals surface area contributed by atoms with Gasteiger partial charge in [-0.15, -0.1) is 0 Å². The minimum atomic E-state index is -0.623. The Balaban J connectivity index is 2.12. The SMILES string of the molecule is O=C(O)C1CCc2cc(Cl)ccc2C12CCCCC2. The van der Waals surface area contributed by atoms with Crippen molar-refractivity contribution in [2.24, 2.45) is 5.92 Å². The van der Waals surface area contributed by atoms with Crippen molar-refractivity contribution in [2.45, 2.75) is 50.4 Å². The molecule has 102 valence electrons. The molecule has 2 aliphatic carbocycles. The van der Waals surface area contributed by atoms with E-state index in [9.17, 15) is 9.90 Å². The molecule has 0 heterocycles. The van der Waals surface area contributed by atoms with Gasteiger partial charge in [-0.3, -0.25) is 4.79 Å². The Morgan fingerprint density at radius 1 is 1.26 bits per heavy atom. The van der Waals surface area contributed by atoms with Gasteiger partial charge in [0, 0.05) is 10.4 Å². The van der Waals surface area contributed by atoms with E-state index in [1.165, 1.54) is 17.5 Å². The Labute approximate surface area is 118 Å². The number of fused-ring (bicyclic) bond motifs is 2. The summed E-state index contributed by atoms with van der Waals surface area (Å²) in [5.74, 6) is -0.844. The molecule has 2 aliphatic rings. The minimum Gasteiger partial charge on any atom is -0.481 e. The third-order valence-corrected chi connectivity index (χ3v) is 5.25. The van der Waals surface area contributed by atoms with Crippen LogP contribution in [-0.4, -0.2) is 11.1 Å². The van der Waals surface area contributed by atoms with E-state index >= 15 is 0 Å². The van der Waals surface area contributed by atoms with Gasteiger partial charge in [-0.05, 0) is 48.9 Å². The second kappa shape index (κ2) is 4.82. The molecule has 1 N–H and O–H groups in total. The molecule has 1 aromatic rings. The lowest BCUT2D eigenvalue weighted by Crippen LogP contribution is -2.45. The zero-order valence-corrected chi connectivity index (χ0v) is 11.7. The summed E-state index contributed by atoms with van der Waals surface area (Å²) in [5, 5.41) is 10.4. The monoisotopic (exact) mass is 278 g/mol. The smallest absolute Gasteiger partial charge is 0.307 e. The number of aliphatic carboxylic acids is 1. The number of benzene rings is 1. The second-order valence-electron chi connectivity index (χ2n) is 5.95. The number of hydrogen-bond donors (Lipinski definition) is 1. The third kappa shape index (κ3) is 2.06. The number of carbonyl (C=O) groups is 1. The summed E-state index contributed by atoms with van der Waals surface area (Å²) in [6.45, 7) is 0. The first-order valence-electron chi connectivity index (χ1n) is 7.15. The maximum Gasteiger partial charge on any atom is 0.307 e. The van der Waals surface area contributed by atoms with Crippen LogP contribution in [0.5, 0.6) is 0 Å². The number of hydrogen-bond acceptors (Lipinski definition) is 1.